The molecule has 0 radical (unpaired) electrons. The third-order valence-electron chi connectivity index (χ3n) is 14.4. The van der Waals surface area contributed by atoms with Gasteiger partial charge in [0.25, 0.3) is 0 Å². The van der Waals surface area contributed by atoms with Crippen LogP contribution in [0, 0.1) is 17.8 Å². The molecule has 0 aliphatic heterocycles. The van der Waals surface area contributed by atoms with Crippen molar-refractivity contribution in [2.75, 3.05) is 4.90 Å². The van der Waals surface area contributed by atoms with Crippen LogP contribution in [0.4, 0.5) is 17.1 Å². The maximum absolute atomic E-state index is 2.54. The number of rotatable bonds is 5. The maximum Gasteiger partial charge on any atom is 0.0465 e. The lowest BCUT2D eigenvalue weighted by molar-refractivity contribution is -0.00518. The molecule has 0 saturated heterocycles. The predicted molar refractivity (Wildman–Crippen MR) is 217 cm³/mol. The van der Waals surface area contributed by atoms with E-state index in [-0.39, 0.29) is 5.41 Å². The van der Waals surface area contributed by atoms with Crippen molar-refractivity contribution in [3.8, 4) is 11.1 Å². The Morgan fingerprint density at radius 1 is 0.608 bits per heavy atom. The average molecular weight is 684 g/mol. The lowest BCUT2D eigenvalue weighted by atomic mass is 9.48. The molecule has 0 spiro atoms. The van der Waals surface area contributed by atoms with E-state index in [0.29, 0.717) is 11.3 Å². The Labute approximate surface area is 307 Å². The highest BCUT2D eigenvalue weighted by atomic mass is 32.1. The second kappa shape index (κ2) is 11.3. The molecule has 256 valence electrons. The first kappa shape index (κ1) is 30.7. The number of anilines is 3. The van der Waals surface area contributed by atoms with Gasteiger partial charge in [0.1, 0.15) is 0 Å². The van der Waals surface area contributed by atoms with Gasteiger partial charge in [0.05, 0.1) is 0 Å². The molecular weight excluding hydrogens is 635 g/mol. The molecule has 6 aliphatic rings. The Balaban J connectivity index is 1.02. The van der Waals surface area contributed by atoms with Gasteiger partial charge in [-0.25, -0.2) is 0 Å². The van der Waals surface area contributed by atoms with E-state index in [2.05, 4.69) is 122 Å². The molecule has 0 atom stereocenters. The van der Waals surface area contributed by atoms with Crippen LogP contribution in [-0.2, 0) is 10.8 Å². The maximum atomic E-state index is 2.54. The largest absolute Gasteiger partial charge is 0.310 e. The second-order valence-electron chi connectivity index (χ2n) is 17.8. The Morgan fingerprint density at radius 3 is 1.96 bits per heavy atom. The summed E-state index contributed by atoms with van der Waals surface area (Å²) in [7, 11) is 0. The van der Waals surface area contributed by atoms with Gasteiger partial charge < -0.3 is 4.90 Å². The Hall–Kier alpha value is -3.88. The van der Waals surface area contributed by atoms with Gasteiger partial charge >= 0.3 is 0 Å². The van der Waals surface area contributed by atoms with Crippen molar-refractivity contribution in [2.45, 2.75) is 101 Å². The number of fused-ring (bicyclic) bond motifs is 7. The highest BCUT2D eigenvalue weighted by Crippen LogP contribution is 2.61. The molecule has 12 rings (SSSR count). The van der Waals surface area contributed by atoms with Crippen LogP contribution in [0.2, 0.25) is 0 Å². The molecule has 51 heavy (non-hydrogen) atoms. The zero-order chi connectivity index (χ0) is 33.9. The number of nitrogens with zero attached hydrogens (tertiary/aromatic N) is 1. The molecule has 2 heteroatoms. The van der Waals surface area contributed by atoms with Gasteiger partial charge in [0.15, 0.2) is 0 Å². The quantitative estimate of drug-likeness (QED) is 0.175. The van der Waals surface area contributed by atoms with Gasteiger partial charge in [0, 0.05) is 48.2 Å². The van der Waals surface area contributed by atoms with Crippen molar-refractivity contribution in [3.63, 3.8) is 0 Å². The SMILES string of the molecule is CC1(C)c2cc(N(c3ccc(C4CCCCC4)cc3)c3ccc(C45CC6CC(CC(C6)C4)C5)cc3)ccc2-c2c1ccc1c2sc2ccccc21. The van der Waals surface area contributed by atoms with Crippen molar-refractivity contribution in [2.24, 2.45) is 17.8 Å². The number of hydrogen-bond acceptors (Lipinski definition) is 2. The molecule has 5 aromatic carbocycles. The van der Waals surface area contributed by atoms with Crippen molar-refractivity contribution >= 4 is 48.6 Å². The van der Waals surface area contributed by atoms with Gasteiger partial charge in [-0.05, 0) is 151 Å². The van der Waals surface area contributed by atoms with Crippen LogP contribution in [-0.4, -0.2) is 0 Å². The van der Waals surface area contributed by atoms with E-state index in [1.165, 1.54) is 136 Å². The van der Waals surface area contributed by atoms with Crippen LogP contribution >= 0.6 is 11.3 Å². The summed E-state index contributed by atoms with van der Waals surface area (Å²) in [5.74, 6) is 3.60. The zero-order valence-corrected chi connectivity index (χ0v) is 31.1. The first-order valence-corrected chi connectivity index (χ1v) is 20.9. The van der Waals surface area contributed by atoms with E-state index >= 15 is 0 Å². The molecular formula is C49H49NS. The van der Waals surface area contributed by atoms with E-state index in [9.17, 15) is 0 Å². The smallest absolute Gasteiger partial charge is 0.0465 e. The third kappa shape index (κ3) is 4.71. The summed E-state index contributed by atoms with van der Waals surface area (Å²) in [5, 5.41) is 2.77. The predicted octanol–water partition coefficient (Wildman–Crippen LogP) is 14.3. The van der Waals surface area contributed by atoms with E-state index in [0.717, 1.165) is 17.8 Å². The van der Waals surface area contributed by atoms with Crippen molar-refractivity contribution in [3.05, 3.63) is 125 Å². The normalized spacial score (nSPS) is 26.1. The molecule has 1 nitrogen and oxygen atoms in total. The fourth-order valence-electron chi connectivity index (χ4n) is 12.3. The molecule has 0 amide bonds. The molecule has 1 aromatic heterocycles. The Morgan fingerprint density at radius 2 is 1.25 bits per heavy atom. The van der Waals surface area contributed by atoms with Crippen LogP contribution < -0.4 is 4.90 Å². The average Bonchev–Trinajstić information content (AvgIpc) is 3.64. The lowest BCUT2D eigenvalue weighted by Gasteiger charge is -2.57. The second-order valence-corrected chi connectivity index (χ2v) is 18.9. The summed E-state index contributed by atoms with van der Waals surface area (Å²) >= 11 is 1.96. The molecule has 6 aromatic rings. The van der Waals surface area contributed by atoms with E-state index in [1.807, 2.05) is 11.3 Å². The van der Waals surface area contributed by atoms with Crippen molar-refractivity contribution in [1.82, 2.24) is 0 Å². The van der Waals surface area contributed by atoms with Gasteiger partial charge in [-0.1, -0.05) is 93.8 Å². The van der Waals surface area contributed by atoms with Crippen LogP contribution in [0.15, 0.2) is 103 Å². The monoisotopic (exact) mass is 683 g/mol. The first-order valence-electron chi connectivity index (χ1n) is 20.0. The number of thiophene rings is 1. The molecule has 0 N–H and O–H groups in total. The van der Waals surface area contributed by atoms with Gasteiger partial charge in [-0.15, -0.1) is 11.3 Å². The van der Waals surface area contributed by atoms with Crippen LogP contribution in [0.3, 0.4) is 0 Å². The Bertz CT molecular complexity index is 2260. The minimum atomic E-state index is -0.0794. The zero-order valence-electron chi connectivity index (χ0n) is 30.3. The van der Waals surface area contributed by atoms with Gasteiger partial charge in [0.2, 0.25) is 0 Å². The fourth-order valence-corrected chi connectivity index (χ4v) is 13.6. The van der Waals surface area contributed by atoms with Crippen molar-refractivity contribution in [1.29, 1.82) is 0 Å². The summed E-state index contributed by atoms with van der Waals surface area (Å²) in [6.45, 7) is 4.87. The van der Waals surface area contributed by atoms with Crippen LogP contribution in [0.5, 0.6) is 0 Å². The summed E-state index contributed by atoms with van der Waals surface area (Å²) in [5.41, 5.74) is 13.0. The third-order valence-corrected chi connectivity index (χ3v) is 15.6. The summed E-state index contributed by atoms with van der Waals surface area (Å²) in [4.78, 5) is 2.54. The summed E-state index contributed by atoms with van der Waals surface area (Å²) in [6.07, 6.45) is 15.5. The van der Waals surface area contributed by atoms with Crippen molar-refractivity contribution < 1.29 is 0 Å². The minimum absolute atomic E-state index is 0.0794. The highest BCUT2D eigenvalue weighted by molar-refractivity contribution is 7.26. The van der Waals surface area contributed by atoms with Gasteiger partial charge in [-0.3, -0.25) is 0 Å². The topological polar surface area (TPSA) is 3.24 Å². The van der Waals surface area contributed by atoms with Crippen LogP contribution in [0.25, 0.3) is 31.3 Å². The summed E-state index contributed by atoms with van der Waals surface area (Å²) in [6, 6.07) is 40.7. The van der Waals surface area contributed by atoms with Gasteiger partial charge in [-0.2, -0.15) is 0 Å². The standard InChI is InChI=1S/C49H49NS/c1-48(2)43-23-22-41-40-10-6-7-11-45(40)51-47(41)46(43)42-21-20-39(27-44(42)48)50(37-16-12-35(13-17-37)34-8-4-3-5-9-34)38-18-14-36(15-19-38)49-28-31-24-32(29-49)26-33(25-31)30-49/h6-7,10-23,27,31-34H,3-5,8-9,24-26,28-30H2,1-2H3. The minimum Gasteiger partial charge on any atom is -0.310 e. The molecule has 5 saturated carbocycles. The van der Waals surface area contributed by atoms with E-state index in [4.69, 9.17) is 0 Å². The fraction of sp³-hybridized carbons (Fsp3) is 0.388. The van der Waals surface area contributed by atoms with Crippen LogP contribution in [0.1, 0.15) is 113 Å². The highest BCUT2D eigenvalue weighted by Gasteiger charge is 2.51. The molecule has 6 aliphatic carbocycles. The molecule has 5 fully saturated rings. The number of benzene rings is 5. The lowest BCUT2D eigenvalue weighted by Crippen LogP contribution is -2.48. The molecule has 0 unspecified atom stereocenters. The first-order chi connectivity index (χ1) is 24.9. The molecule has 4 bridgehead atoms. The number of hydrogen-bond donors (Lipinski definition) is 0. The van der Waals surface area contributed by atoms with E-state index < -0.39 is 0 Å². The van der Waals surface area contributed by atoms with E-state index in [1.54, 1.807) is 5.56 Å². The Kier molecular flexibility index (Phi) is 6.81. The summed E-state index contributed by atoms with van der Waals surface area (Å²) < 4.78 is 2.81. The molecule has 1 heterocycles.